The molecule has 190 valence electrons. The van der Waals surface area contributed by atoms with Gasteiger partial charge in [-0.3, -0.25) is 14.5 Å². The number of ether oxygens (including phenoxy) is 2. The van der Waals surface area contributed by atoms with Gasteiger partial charge in [-0.25, -0.2) is 0 Å². The lowest BCUT2D eigenvalue weighted by Crippen LogP contribution is -2.40. The van der Waals surface area contributed by atoms with Gasteiger partial charge in [0.2, 0.25) is 0 Å². The van der Waals surface area contributed by atoms with Crippen LogP contribution in [0.15, 0.2) is 71.1 Å². The van der Waals surface area contributed by atoms with E-state index in [-0.39, 0.29) is 17.8 Å². The van der Waals surface area contributed by atoms with E-state index in [0.717, 1.165) is 24.6 Å². The second kappa shape index (κ2) is 12.4. The van der Waals surface area contributed by atoms with Gasteiger partial charge in [-0.05, 0) is 55.2 Å². The average Bonchev–Trinajstić information content (AvgIpc) is 3.38. The molecule has 1 aliphatic rings. The van der Waals surface area contributed by atoms with Crippen LogP contribution in [0.5, 0.6) is 5.75 Å². The molecule has 4 rings (SSSR count). The third-order valence-electron chi connectivity index (χ3n) is 6.47. The molecule has 0 N–H and O–H groups in total. The summed E-state index contributed by atoms with van der Waals surface area (Å²) < 4.78 is 16.4. The Morgan fingerprint density at radius 2 is 1.58 bits per heavy atom. The Balaban J connectivity index is 1.40. The predicted octanol–water partition coefficient (Wildman–Crippen LogP) is 4.91. The van der Waals surface area contributed by atoms with Gasteiger partial charge in [-0.15, -0.1) is 0 Å². The first-order valence-electron chi connectivity index (χ1n) is 12.5. The molecule has 0 bridgehead atoms. The van der Waals surface area contributed by atoms with Gasteiger partial charge < -0.3 is 18.8 Å². The molecule has 3 aromatic rings. The van der Waals surface area contributed by atoms with Crippen LogP contribution in [0.3, 0.4) is 0 Å². The highest BCUT2D eigenvalue weighted by Crippen LogP contribution is 2.22. The molecule has 0 radical (unpaired) electrons. The topological polar surface area (TPSA) is 72.2 Å². The number of piperidine rings is 1. The van der Waals surface area contributed by atoms with Crippen LogP contribution in [0.2, 0.25) is 0 Å². The van der Waals surface area contributed by atoms with Gasteiger partial charge in [-0.2, -0.15) is 0 Å². The molecule has 0 atom stereocenters. The molecule has 2 aromatic carbocycles. The summed E-state index contributed by atoms with van der Waals surface area (Å²) in [5, 5.41) is 0. The van der Waals surface area contributed by atoms with E-state index in [9.17, 15) is 9.59 Å². The number of rotatable bonds is 10. The second-order valence-electron chi connectivity index (χ2n) is 9.06. The molecular weight excluding hydrogens is 456 g/mol. The fraction of sp³-hybridized carbons (Fsp3) is 0.379. The molecule has 0 spiro atoms. The lowest BCUT2D eigenvalue weighted by molar-refractivity contribution is -0.149. The Morgan fingerprint density at radius 1 is 0.917 bits per heavy atom. The van der Waals surface area contributed by atoms with Crippen LogP contribution >= 0.6 is 0 Å². The van der Waals surface area contributed by atoms with Crippen LogP contribution in [0.25, 0.3) is 0 Å². The maximum atomic E-state index is 13.0. The van der Waals surface area contributed by atoms with Crippen molar-refractivity contribution in [1.29, 1.82) is 0 Å². The van der Waals surface area contributed by atoms with Crippen molar-refractivity contribution in [2.45, 2.75) is 39.4 Å². The van der Waals surface area contributed by atoms with E-state index in [1.807, 2.05) is 43.3 Å². The second-order valence-corrected chi connectivity index (χ2v) is 9.06. The van der Waals surface area contributed by atoms with Crippen molar-refractivity contribution < 1.29 is 23.5 Å². The van der Waals surface area contributed by atoms with E-state index in [0.29, 0.717) is 44.8 Å². The number of hydrogen-bond donors (Lipinski definition) is 0. The molecule has 2 heterocycles. The molecule has 1 fully saturated rings. The van der Waals surface area contributed by atoms with Gasteiger partial charge in [0.1, 0.15) is 11.5 Å². The summed E-state index contributed by atoms with van der Waals surface area (Å²) in [6.07, 6.45) is 1.23. The maximum absolute atomic E-state index is 13.0. The SMILES string of the molecule is CCOC(=O)C1CCN(C(=O)c2ccc(CN(Cc3ccccc3)Cc3ccc(OC)cc3)o2)CC1. The fourth-order valence-electron chi connectivity index (χ4n) is 4.53. The summed E-state index contributed by atoms with van der Waals surface area (Å²) in [6.45, 7) is 5.28. The summed E-state index contributed by atoms with van der Waals surface area (Å²) in [7, 11) is 1.66. The number of esters is 1. The van der Waals surface area contributed by atoms with Gasteiger partial charge in [0.25, 0.3) is 5.91 Å². The molecule has 1 aromatic heterocycles. The highest BCUT2D eigenvalue weighted by molar-refractivity contribution is 5.91. The Hall–Kier alpha value is -3.58. The van der Waals surface area contributed by atoms with E-state index in [1.54, 1.807) is 18.1 Å². The van der Waals surface area contributed by atoms with E-state index >= 15 is 0 Å². The van der Waals surface area contributed by atoms with Gasteiger partial charge >= 0.3 is 5.97 Å². The van der Waals surface area contributed by atoms with Gasteiger partial charge in [0, 0.05) is 26.2 Å². The number of benzene rings is 2. The van der Waals surface area contributed by atoms with Crippen LogP contribution in [0.1, 0.15) is 47.2 Å². The third-order valence-corrected chi connectivity index (χ3v) is 6.47. The molecule has 7 nitrogen and oxygen atoms in total. The standard InChI is InChI=1S/C29H34N2O5/c1-3-35-29(33)24-15-17-31(18-16-24)28(32)27-14-13-26(36-27)21-30(19-22-7-5-4-6-8-22)20-23-9-11-25(34-2)12-10-23/h4-14,24H,3,15-21H2,1-2H3. The first-order valence-corrected chi connectivity index (χ1v) is 12.5. The highest BCUT2D eigenvalue weighted by Gasteiger charge is 2.29. The number of nitrogens with zero attached hydrogens (tertiary/aromatic N) is 2. The molecule has 0 saturated carbocycles. The van der Waals surface area contributed by atoms with Crippen molar-refractivity contribution in [2.24, 2.45) is 5.92 Å². The summed E-state index contributed by atoms with van der Waals surface area (Å²) in [5.74, 6) is 1.47. The van der Waals surface area contributed by atoms with Crippen LogP contribution in [-0.2, 0) is 29.2 Å². The van der Waals surface area contributed by atoms with Crippen molar-refractivity contribution in [2.75, 3.05) is 26.8 Å². The minimum Gasteiger partial charge on any atom is -0.497 e. The van der Waals surface area contributed by atoms with Crippen LogP contribution < -0.4 is 4.74 Å². The summed E-state index contributed by atoms with van der Waals surface area (Å²) in [4.78, 5) is 29.1. The Kier molecular flexibility index (Phi) is 8.79. The molecule has 36 heavy (non-hydrogen) atoms. The lowest BCUT2D eigenvalue weighted by atomic mass is 9.97. The summed E-state index contributed by atoms with van der Waals surface area (Å²) >= 11 is 0. The third kappa shape index (κ3) is 6.76. The average molecular weight is 491 g/mol. The molecule has 7 heteroatoms. The van der Waals surface area contributed by atoms with Crippen molar-refractivity contribution in [3.05, 3.63) is 89.4 Å². The zero-order valence-corrected chi connectivity index (χ0v) is 21.0. The molecule has 1 saturated heterocycles. The van der Waals surface area contributed by atoms with Crippen LogP contribution in [0.4, 0.5) is 0 Å². The maximum Gasteiger partial charge on any atom is 0.309 e. The number of carbonyl (C=O) groups is 2. The summed E-state index contributed by atoms with van der Waals surface area (Å²) in [6, 6.07) is 22.0. The fourth-order valence-corrected chi connectivity index (χ4v) is 4.53. The zero-order chi connectivity index (χ0) is 25.3. The van der Waals surface area contributed by atoms with Gasteiger partial charge in [0.05, 0.1) is 26.2 Å². The number of methoxy groups -OCH3 is 1. The van der Waals surface area contributed by atoms with Crippen molar-refractivity contribution >= 4 is 11.9 Å². The number of carbonyl (C=O) groups excluding carboxylic acids is 2. The monoisotopic (exact) mass is 490 g/mol. The molecule has 0 aliphatic carbocycles. The van der Waals surface area contributed by atoms with Crippen LogP contribution in [0, 0.1) is 5.92 Å². The van der Waals surface area contributed by atoms with E-state index < -0.39 is 0 Å². The molecule has 1 amide bonds. The van der Waals surface area contributed by atoms with E-state index in [2.05, 4.69) is 29.2 Å². The number of likely N-dealkylation sites (tertiary alicyclic amines) is 1. The highest BCUT2D eigenvalue weighted by atomic mass is 16.5. The minimum atomic E-state index is -0.166. The Bertz CT molecular complexity index is 1120. The van der Waals surface area contributed by atoms with E-state index in [4.69, 9.17) is 13.9 Å². The molecule has 0 unspecified atom stereocenters. The van der Waals surface area contributed by atoms with E-state index in [1.165, 1.54) is 11.1 Å². The number of amides is 1. The van der Waals surface area contributed by atoms with Crippen molar-refractivity contribution in [1.82, 2.24) is 9.80 Å². The van der Waals surface area contributed by atoms with Crippen molar-refractivity contribution in [3.8, 4) is 5.75 Å². The van der Waals surface area contributed by atoms with Crippen LogP contribution in [-0.4, -0.2) is 48.5 Å². The van der Waals surface area contributed by atoms with Gasteiger partial charge in [0.15, 0.2) is 5.76 Å². The first-order chi connectivity index (χ1) is 17.6. The summed E-state index contributed by atoms with van der Waals surface area (Å²) in [5.41, 5.74) is 2.37. The molecular formula is C29H34N2O5. The molecule has 1 aliphatic heterocycles. The lowest BCUT2D eigenvalue weighted by Gasteiger charge is -2.30. The number of hydrogen-bond acceptors (Lipinski definition) is 6. The largest absolute Gasteiger partial charge is 0.497 e. The predicted molar refractivity (Wildman–Crippen MR) is 136 cm³/mol. The Labute approximate surface area is 212 Å². The van der Waals surface area contributed by atoms with Crippen molar-refractivity contribution in [3.63, 3.8) is 0 Å². The number of furan rings is 1. The zero-order valence-electron chi connectivity index (χ0n) is 21.0. The quantitative estimate of drug-likeness (QED) is 0.376. The minimum absolute atomic E-state index is 0.131. The Morgan fingerprint density at radius 3 is 2.22 bits per heavy atom. The van der Waals surface area contributed by atoms with Gasteiger partial charge in [-0.1, -0.05) is 42.5 Å². The first kappa shape index (κ1) is 25.5. The smallest absolute Gasteiger partial charge is 0.309 e. The normalized spacial score (nSPS) is 14.1.